The molecule has 0 unspecified atom stereocenters. The maximum Gasteiger partial charge on any atom is 0.343 e. The van der Waals surface area contributed by atoms with Crippen molar-refractivity contribution in [2.45, 2.75) is 45.4 Å². The van der Waals surface area contributed by atoms with Crippen LogP contribution in [-0.4, -0.2) is 32.6 Å². The molecule has 0 aliphatic rings. The van der Waals surface area contributed by atoms with Gasteiger partial charge < -0.3 is 14.2 Å². The molecule has 0 fully saturated rings. The minimum atomic E-state index is -0.456. The van der Waals surface area contributed by atoms with Crippen LogP contribution in [0.5, 0.6) is 11.5 Å². The van der Waals surface area contributed by atoms with E-state index >= 15 is 0 Å². The van der Waals surface area contributed by atoms with Gasteiger partial charge in [0.15, 0.2) is 23.9 Å². The van der Waals surface area contributed by atoms with E-state index < -0.39 is 5.97 Å². The van der Waals surface area contributed by atoms with Crippen molar-refractivity contribution in [1.82, 2.24) is 0 Å². The van der Waals surface area contributed by atoms with Gasteiger partial charge in [-0.15, -0.1) is 0 Å². The minimum absolute atomic E-state index is 0.126. The number of carbonyl (C=O) groups excluding carboxylic acids is 2. The van der Waals surface area contributed by atoms with Gasteiger partial charge in [-0.2, -0.15) is 0 Å². The van der Waals surface area contributed by atoms with Crippen molar-refractivity contribution in [2.24, 2.45) is 0 Å². The topological polar surface area (TPSA) is 61.8 Å². The molecule has 5 nitrogen and oxygen atoms in total. The molecule has 0 aliphatic carbocycles. The van der Waals surface area contributed by atoms with Crippen molar-refractivity contribution in [1.29, 1.82) is 0 Å². The molecule has 0 saturated heterocycles. The van der Waals surface area contributed by atoms with E-state index in [1.165, 1.54) is 27.1 Å². The monoisotopic (exact) mass is 348 g/mol. The Hall–Kier alpha value is -2.30. The zero-order valence-corrected chi connectivity index (χ0v) is 15.4. The third-order valence-corrected chi connectivity index (χ3v) is 3.74. The van der Waals surface area contributed by atoms with Crippen LogP contribution in [0.2, 0.25) is 0 Å². The number of methoxy groups -OCH3 is 2. The van der Waals surface area contributed by atoms with Crippen molar-refractivity contribution in [3.8, 4) is 11.5 Å². The van der Waals surface area contributed by atoms with Gasteiger partial charge in [0.1, 0.15) is 0 Å². The van der Waals surface area contributed by atoms with E-state index in [0.29, 0.717) is 24.3 Å². The molecule has 1 aromatic rings. The lowest BCUT2D eigenvalue weighted by Gasteiger charge is -2.11. The number of esters is 1. The summed E-state index contributed by atoms with van der Waals surface area (Å²) in [7, 11) is 2.84. The van der Waals surface area contributed by atoms with E-state index in [4.69, 9.17) is 9.47 Å². The fourth-order valence-electron chi connectivity index (χ4n) is 2.26. The van der Waals surface area contributed by atoms with Crippen LogP contribution in [0.3, 0.4) is 0 Å². The Labute approximate surface area is 150 Å². The Morgan fingerprint density at radius 2 is 1.92 bits per heavy atom. The largest absolute Gasteiger partial charge is 0.493 e. The molecule has 138 valence electrons. The van der Waals surface area contributed by atoms with Gasteiger partial charge in [-0.3, -0.25) is 4.79 Å². The number of hydrogen-bond acceptors (Lipinski definition) is 5. The van der Waals surface area contributed by atoms with Crippen molar-refractivity contribution < 1.29 is 23.8 Å². The van der Waals surface area contributed by atoms with Gasteiger partial charge in [0.05, 0.1) is 14.2 Å². The molecule has 0 N–H and O–H groups in total. The van der Waals surface area contributed by atoms with E-state index in [2.05, 4.69) is 11.7 Å². The summed E-state index contributed by atoms with van der Waals surface area (Å²) in [5.74, 6) is 0.673. The molecule has 25 heavy (non-hydrogen) atoms. The lowest BCUT2D eigenvalue weighted by atomic mass is 10.1. The second kappa shape index (κ2) is 12.1. The maximum atomic E-state index is 11.9. The Bertz CT molecular complexity index is 577. The highest BCUT2D eigenvalue weighted by atomic mass is 16.6. The van der Waals surface area contributed by atoms with Crippen LogP contribution in [-0.2, 0) is 20.7 Å². The summed E-state index contributed by atoms with van der Waals surface area (Å²) in [4.78, 5) is 23.0. The van der Waals surface area contributed by atoms with Gasteiger partial charge in [0, 0.05) is 6.42 Å². The van der Waals surface area contributed by atoms with Crippen molar-refractivity contribution in [3.63, 3.8) is 0 Å². The summed E-state index contributed by atoms with van der Waals surface area (Å²) < 4.78 is 15.2. The summed E-state index contributed by atoms with van der Waals surface area (Å²) in [5, 5.41) is 0. The Kier molecular flexibility index (Phi) is 10.1. The molecular weight excluding hydrogens is 320 g/mol. The van der Waals surface area contributed by atoms with Gasteiger partial charge >= 0.3 is 5.97 Å². The Morgan fingerprint density at radius 3 is 2.60 bits per heavy atom. The van der Waals surface area contributed by atoms with Gasteiger partial charge in [0.2, 0.25) is 0 Å². The van der Waals surface area contributed by atoms with Crippen molar-refractivity contribution >= 4 is 11.8 Å². The number of allylic oxidation sites excluding steroid dienone is 2. The SMILES string of the molecule is CCCCC/C=C/C(=O)CCc1ccc(OCC(=O)OC)c(OC)c1. The van der Waals surface area contributed by atoms with Crippen LogP contribution in [0.15, 0.2) is 30.4 Å². The van der Waals surface area contributed by atoms with Crippen molar-refractivity contribution in [3.05, 3.63) is 35.9 Å². The highest BCUT2D eigenvalue weighted by Gasteiger charge is 2.09. The van der Waals surface area contributed by atoms with E-state index in [-0.39, 0.29) is 12.4 Å². The summed E-state index contributed by atoms with van der Waals surface area (Å²) >= 11 is 0. The average Bonchev–Trinajstić information content (AvgIpc) is 2.64. The fourth-order valence-corrected chi connectivity index (χ4v) is 2.26. The molecule has 0 aromatic heterocycles. The molecule has 1 aromatic carbocycles. The van der Waals surface area contributed by atoms with Gasteiger partial charge in [-0.1, -0.05) is 31.9 Å². The lowest BCUT2D eigenvalue weighted by Crippen LogP contribution is -2.13. The summed E-state index contributed by atoms with van der Waals surface area (Å²) in [6.45, 7) is 1.99. The third-order valence-electron chi connectivity index (χ3n) is 3.74. The van der Waals surface area contributed by atoms with Gasteiger partial charge in [-0.05, 0) is 43.0 Å². The van der Waals surface area contributed by atoms with Crippen molar-refractivity contribution in [2.75, 3.05) is 20.8 Å². The van der Waals surface area contributed by atoms with Crippen LogP contribution in [0, 0.1) is 0 Å². The summed E-state index contributed by atoms with van der Waals surface area (Å²) in [6, 6.07) is 5.43. The van der Waals surface area contributed by atoms with E-state index in [1.807, 2.05) is 18.2 Å². The van der Waals surface area contributed by atoms with Crippen LogP contribution < -0.4 is 9.47 Å². The number of ether oxygens (including phenoxy) is 3. The minimum Gasteiger partial charge on any atom is -0.493 e. The molecule has 0 bridgehead atoms. The van der Waals surface area contributed by atoms with E-state index in [1.54, 1.807) is 12.1 Å². The predicted octanol–water partition coefficient (Wildman–Crippen LogP) is 3.89. The molecule has 0 spiro atoms. The summed E-state index contributed by atoms with van der Waals surface area (Å²) in [6.07, 6.45) is 9.19. The first-order valence-electron chi connectivity index (χ1n) is 8.66. The smallest absolute Gasteiger partial charge is 0.343 e. The van der Waals surface area contributed by atoms with Crippen LogP contribution >= 0.6 is 0 Å². The van der Waals surface area contributed by atoms with Gasteiger partial charge in [-0.25, -0.2) is 4.79 Å². The number of unbranched alkanes of at least 4 members (excludes halogenated alkanes) is 3. The first-order valence-corrected chi connectivity index (χ1v) is 8.66. The van der Waals surface area contributed by atoms with Crippen LogP contribution in [0.25, 0.3) is 0 Å². The van der Waals surface area contributed by atoms with Crippen LogP contribution in [0.1, 0.15) is 44.6 Å². The first-order chi connectivity index (χ1) is 12.1. The Balaban J connectivity index is 2.50. The predicted molar refractivity (Wildman–Crippen MR) is 97.1 cm³/mol. The highest BCUT2D eigenvalue weighted by molar-refractivity contribution is 5.89. The molecule has 0 aliphatic heterocycles. The lowest BCUT2D eigenvalue weighted by molar-refractivity contribution is -0.142. The standard InChI is InChI=1S/C20H28O5/c1-4-5-6-7-8-9-17(21)12-10-16-11-13-18(19(14-16)23-2)25-15-20(22)24-3/h8-9,11,13-14H,4-7,10,12,15H2,1-3H3/b9-8+. The normalized spacial score (nSPS) is 10.7. The number of aryl methyl sites for hydroxylation is 1. The Morgan fingerprint density at radius 1 is 1.12 bits per heavy atom. The second-order valence-electron chi connectivity index (χ2n) is 5.71. The zero-order valence-electron chi connectivity index (χ0n) is 15.4. The van der Waals surface area contributed by atoms with Crippen LogP contribution in [0.4, 0.5) is 0 Å². The number of rotatable bonds is 12. The molecule has 0 radical (unpaired) electrons. The average molecular weight is 348 g/mol. The number of ketones is 1. The number of benzene rings is 1. The molecule has 0 atom stereocenters. The molecule has 1 rings (SSSR count). The quantitative estimate of drug-likeness (QED) is 0.326. The molecule has 0 heterocycles. The molecule has 0 saturated carbocycles. The summed E-state index contributed by atoms with van der Waals surface area (Å²) in [5.41, 5.74) is 0.981. The second-order valence-corrected chi connectivity index (χ2v) is 5.71. The third kappa shape index (κ3) is 8.38. The fraction of sp³-hybridized carbons (Fsp3) is 0.500. The van der Waals surface area contributed by atoms with E-state index in [0.717, 1.165) is 18.4 Å². The molecule has 0 amide bonds. The van der Waals surface area contributed by atoms with E-state index in [9.17, 15) is 9.59 Å². The highest BCUT2D eigenvalue weighted by Crippen LogP contribution is 2.28. The zero-order chi connectivity index (χ0) is 18.5. The maximum absolute atomic E-state index is 11.9. The number of hydrogen-bond donors (Lipinski definition) is 0. The molecular formula is C20H28O5. The molecule has 5 heteroatoms. The number of carbonyl (C=O) groups is 2. The first kappa shape index (κ1) is 20.7. The van der Waals surface area contributed by atoms with Gasteiger partial charge in [0.25, 0.3) is 0 Å².